The lowest BCUT2D eigenvalue weighted by atomic mass is 10.2. The zero-order chi connectivity index (χ0) is 18.0. The number of carbonyl (C=O) groups is 2. The van der Waals surface area contributed by atoms with E-state index in [9.17, 15) is 9.59 Å². The zero-order valence-corrected chi connectivity index (χ0v) is 17.2. The first kappa shape index (κ1) is 18.2. The highest BCUT2D eigenvalue weighted by Crippen LogP contribution is 2.37. The molecule has 0 radical (unpaired) electrons. The van der Waals surface area contributed by atoms with Gasteiger partial charge in [-0.3, -0.25) is 14.5 Å². The van der Waals surface area contributed by atoms with Gasteiger partial charge in [-0.1, -0.05) is 30.3 Å². The highest BCUT2D eigenvalue weighted by molar-refractivity contribution is 9.11. The Labute approximate surface area is 166 Å². The maximum atomic E-state index is 12.0. The van der Waals surface area contributed by atoms with Gasteiger partial charge in [0.1, 0.15) is 12.4 Å². The third kappa shape index (κ3) is 4.16. The summed E-state index contributed by atoms with van der Waals surface area (Å²) in [7, 11) is 1.48. The van der Waals surface area contributed by atoms with Crippen LogP contribution in [0.25, 0.3) is 6.08 Å². The second-order valence-electron chi connectivity index (χ2n) is 5.33. The summed E-state index contributed by atoms with van der Waals surface area (Å²) < 4.78 is 7.41. The molecular weight excluding hydrogens is 470 g/mol. The minimum Gasteiger partial charge on any atom is -0.487 e. The Balaban J connectivity index is 1.81. The number of amides is 2. The molecule has 0 aromatic heterocycles. The molecule has 0 bridgehead atoms. The van der Waals surface area contributed by atoms with E-state index in [1.54, 1.807) is 6.08 Å². The van der Waals surface area contributed by atoms with Crippen molar-refractivity contribution in [1.82, 2.24) is 4.90 Å². The average molecular weight is 483 g/mol. The van der Waals surface area contributed by atoms with Gasteiger partial charge < -0.3 is 4.74 Å². The second kappa shape index (κ2) is 7.76. The van der Waals surface area contributed by atoms with E-state index in [1.165, 1.54) is 7.05 Å². The fraction of sp³-hybridized carbons (Fsp3) is 0.111. The lowest BCUT2D eigenvalue weighted by molar-refractivity contribution is -0.121. The number of ether oxygens (including phenoxy) is 1. The quantitative estimate of drug-likeness (QED) is 0.543. The number of hydrogen-bond acceptors (Lipinski definition) is 4. The van der Waals surface area contributed by atoms with Crippen LogP contribution in [0.3, 0.4) is 0 Å². The molecule has 3 rings (SSSR count). The predicted octanol–water partition coefficient (Wildman–Crippen LogP) is 5.46. The molecule has 1 aliphatic heterocycles. The van der Waals surface area contributed by atoms with E-state index in [0.29, 0.717) is 17.3 Å². The molecule has 1 saturated heterocycles. The van der Waals surface area contributed by atoms with Gasteiger partial charge in [-0.05, 0) is 73.0 Å². The van der Waals surface area contributed by atoms with Gasteiger partial charge in [0.15, 0.2) is 0 Å². The number of benzene rings is 2. The number of likely N-dealkylation sites (N-methyl/N-ethyl adjacent to an activating group) is 1. The van der Waals surface area contributed by atoms with Crippen molar-refractivity contribution in [2.75, 3.05) is 7.05 Å². The van der Waals surface area contributed by atoms with E-state index in [4.69, 9.17) is 4.74 Å². The van der Waals surface area contributed by atoms with Crippen molar-refractivity contribution < 1.29 is 14.3 Å². The summed E-state index contributed by atoms with van der Waals surface area (Å²) in [5.74, 6) is 0.399. The second-order valence-corrected chi connectivity index (χ2v) is 8.03. The Morgan fingerprint density at radius 3 is 2.32 bits per heavy atom. The Kier molecular flexibility index (Phi) is 5.66. The van der Waals surface area contributed by atoms with Gasteiger partial charge in [0.2, 0.25) is 0 Å². The smallest absolute Gasteiger partial charge is 0.293 e. The summed E-state index contributed by atoms with van der Waals surface area (Å²) in [6.45, 7) is 0.451. The highest BCUT2D eigenvalue weighted by Gasteiger charge is 2.31. The van der Waals surface area contributed by atoms with E-state index in [0.717, 1.165) is 36.7 Å². The summed E-state index contributed by atoms with van der Waals surface area (Å²) >= 11 is 7.95. The third-order valence-corrected chi connectivity index (χ3v) is 5.67. The zero-order valence-electron chi connectivity index (χ0n) is 13.2. The lowest BCUT2D eigenvalue weighted by Gasteiger charge is -2.11. The maximum Gasteiger partial charge on any atom is 0.293 e. The Morgan fingerprint density at radius 1 is 1.12 bits per heavy atom. The van der Waals surface area contributed by atoms with Crippen LogP contribution in [0.15, 0.2) is 56.3 Å². The Morgan fingerprint density at radius 2 is 1.76 bits per heavy atom. The largest absolute Gasteiger partial charge is 0.487 e. The number of carbonyl (C=O) groups excluding carboxylic acids is 2. The first-order valence-corrected chi connectivity index (χ1v) is 9.73. The van der Waals surface area contributed by atoms with Crippen LogP contribution in [0.2, 0.25) is 0 Å². The normalized spacial score (nSPS) is 16.0. The number of halogens is 2. The molecule has 4 nitrogen and oxygen atoms in total. The first-order valence-electron chi connectivity index (χ1n) is 7.33. The van der Waals surface area contributed by atoms with Gasteiger partial charge in [0, 0.05) is 7.05 Å². The SMILES string of the molecule is CN1C(=O)S/C(=C\c2cc(Br)c(OCc3ccccc3)c(Br)c2)C1=O. The number of thioether (sulfide) groups is 1. The third-order valence-electron chi connectivity index (χ3n) is 3.53. The van der Waals surface area contributed by atoms with Crippen molar-refractivity contribution in [2.24, 2.45) is 0 Å². The van der Waals surface area contributed by atoms with Crippen molar-refractivity contribution in [3.05, 3.63) is 67.4 Å². The van der Waals surface area contributed by atoms with Crippen molar-refractivity contribution in [2.45, 2.75) is 6.61 Å². The molecule has 2 aromatic rings. The topological polar surface area (TPSA) is 46.6 Å². The molecule has 25 heavy (non-hydrogen) atoms. The van der Waals surface area contributed by atoms with Crippen LogP contribution in [0.4, 0.5) is 4.79 Å². The molecule has 0 N–H and O–H groups in total. The number of imide groups is 1. The van der Waals surface area contributed by atoms with Crippen molar-refractivity contribution in [3.8, 4) is 5.75 Å². The summed E-state index contributed by atoms with van der Waals surface area (Å²) in [5.41, 5.74) is 1.87. The molecule has 7 heteroatoms. The van der Waals surface area contributed by atoms with E-state index in [2.05, 4.69) is 31.9 Å². The summed E-state index contributed by atoms with van der Waals surface area (Å²) in [5, 5.41) is -0.266. The van der Waals surface area contributed by atoms with Crippen LogP contribution in [-0.2, 0) is 11.4 Å². The summed E-state index contributed by atoms with van der Waals surface area (Å²) in [6.07, 6.45) is 1.70. The maximum absolute atomic E-state index is 12.0. The van der Waals surface area contributed by atoms with Crippen LogP contribution in [-0.4, -0.2) is 23.1 Å². The first-order chi connectivity index (χ1) is 12.0. The van der Waals surface area contributed by atoms with Crippen LogP contribution >= 0.6 is 43.6 Å². The molecular formula is C18H13Br2NO3S. The Bertz CT molecular complexity index is 845. The molecule has 0 atom stereocenters. The Hall–Kier alpha value is -1.57. The standard InChI is InChI=1S/C18H13Br2NO3S/c1-21-17(22)15(25-18(21)23)9-12-7-13(19)16(14(20)8-12)24-10-11-5-3-2-4-6-11/h2-9H,10H2,1H3/b15-9-. The molecule has 2 amide bonds. The van der Waals surface area contributed by atoms with Gasteiger partial charge >= 0.3 is 0 Å². The molecule has 1 aliphatic rings. The molecule has 1 heterocycles. The molecule has 0 unspecified atom stereocenters. The highest BCUT2D eigenvalue weighted by atomic mass is 79.9. The van der Waals surface area contributed by atoms with Crippen molar-refractivity contribution in [3.63, 3.8) is 0 Å². The molecule has 1 fully saturated rings. The van der Waals surface area contributed by atoms with E-state index in [-0.39, 0.29) is 11.1 Å². The minimum absolute atomic E-state index is 0.266. The van der Waals surface area contributed by atoms with Gasteiger partial charge in [-0.15, -0.1) is 0 Å². The monoisotopic (exact) mass is 481 g/mol. The molecule has 0 aliphatic carbocycles. The van der Waals surface area contributed by atoms with Crippen LogP contribution in [0.1, 0.15) is 11.1 Å². The van der Waals surface area contributed by atoms with E-state index in [1.807, 2.05) is 42.5 Å². The fourth-order valence-corrected chi connectivity index (χ4v) is 4.51. The fourth-order valence-electron chi connectivity index (χ4n) is 2.23. The number of rotatable bonds is 4. The van der Waals surface area contributed by atoms with E-state index < -0.39 is 0 Å². The molecule has 128 valence electrons. The number of nitrogens with zero attached hydrogens (tertiary/aromatic N) is 1. The molecule has 0 saturated carbocycles. The van der Waals surface area contributed by atoms with Gasteiger partial charge in [-0.2, -0.15) is 0 Å². The van der Waals surface area contributed by atoms with Gasteiger partial charge in [-0.25, -0.2) is 0 Å². The molecule has 2 aromatic carbocycles. The van der Waals surface area contributed by atoms with Gasteiger partial charge in [0.05, 0.1) is 13.9 Å². The predicted molar refractivity (Wildman–Crippen MR) is 106 cm³/mol. The van der Waals surface area contributed by atoms with Crippen LogP contribution < -0.4 is 4.74 Å². The minimum atomic E-state index is -0.286. The van der Waals surface area contributed by atoms with Crippen LogP contribution in [0, 0.1) is 0 Å². The lowest BCUT2D eigenvalue weighted by Crippen LogP contribution is -2.22. The van der Waals surface area contributed by atoms with Crippen molar-refractivity contribution >= 4 is 60.8 Å². The summed E-state index contributed by atoms with van der Waals surface area (Å²) in [4.78, 5) is 25.1. The average Bonchev–Trinajstić information content (AvgIpc) is 2.82. The van der Waals surface area contributed by atoms with Crippen LogP contribution in [0.5, 0.6) is 5.75 Å². The van der Waals surface area contributed by atoms with Crippen molar-refractivity contribution in [1.29, 1.82) is 0 Å². The summed E-state index contributed by atoms with van der Waals surface area (Å²) in [6, 6.07) is 13.6. The van der Waals surface area contributed by atoms with Gasteiger partial charge in [0.25, 0.3) is 11.1 Å². The van der Waals surface area contributed by atoms with E-state index >= 15 is 0 Å². The number of hydrogen-bond donors (Lipinski definition) is 0. The molecule has 0 spiro atoms.